The van der Waals surface area contributed by atoms with E-state index in [9.17, 15) is 0 Å². The van der Waals surface area contributed by atoms with E-state index in [1.807, 2.05) is 37.3 Å². The van der Waals surface area contributed by atoms with E-state index in [4.69, 9.17) is 44.3 Å². The molecule has 0 radical (unpaired) electrons. The summed E-state index contributed by atoms with van der Waals surface area (Å²) in [4.78, 5) is 0. The second-order valence-electron chi connectivity index (χ2n) is 6.59. The van der Waals surface area contributed by atoms with Gasteiger partial charge in [0.05, 0.1) is 21.7 Å². The van der Waals surface area contributed by atoms with Crippen molar-refractivity contribution in [3.63, 3.8) is 0 Å². The highest BCUT2D eigenvalue weighted by molar-refractivity contribution is 6.42. The van der Waals surface area contributed by atoms with Crippen LogP contribution in [0, 0.1) is 6.92 Å². The van der Waals surface area contributed by atoms with Crippen LogP contribution in [0.3, 0.4) is 0 Å². The average Bonchev–Trinajstić information content (AvgIpc) is 2.70. The Labute approximate surface area is 186 Å². The minimum Gasteiger partial charge on any atom is -0.490 e. The molecule has 6 heteroatoms. The molecule has 3 rings (SSSR count). The van der Waals surface area contributed by atoms with E-state index in [-0.39, 0.29) is 0 Å². The van der Waals surface area contributed by atoms with E-state index in [2.05, 4.69) is 24.4 Å². The van der Waals surface area contributed by atoms with Gasteiger partial charge in [0, 0.05) is 12.2 Å². The zero-order valence-electron chi connectivity index (χ0n) is 16.3. The van der Waals surface area contributed by atoms with Gasteiger partial charge in [-0.1, -0.05) is 64.6 Å². The van der Waals surface area contributed by atoms with Crippen LogP contribution in [0.1, 0.15) is 23.6 Å². The number of aryl methyl sites for hydroxylation is 1. The Morgan fingerprint density at radius 3 is 2.24 bits per heavy atom. The highest BCUT2D eigenvalue weighted by Crippen LogP contribution is 2.37. The molecular formula is C23H22Cl3NO2. The van der Waals surface area contributed by atoms with Crippen molar-refractivity contribution in [3.8, 4) is 11.5 Å². The molecule has 152 valence electrons. The Hall–Kier alpha value is -2.07. The molecule has 0 saturated heterocycles. The third-order valence-corrected chi connectivity index (χ3v) is 5.31. The first kappa shape index (κ1) is 21.6. The SMILES string of the molecule is CCOc1cc(CNc2ccc(Cl)c(Cl)c2)cc(Cl)c1OCc1ccc(C)cc1. The predicted octanol–water partition coefficient (Wildman–Crippen LogP) is 7.55. The molecule has 0 aliphatic heterocycles. The second-order valence-corrected chi connectivity index (χ2v) is 7.82. The molecule has 0 aliphatic carbocycles. The molecule has 3 nitrogen and oxygen atoms in total. The van der Waals surface area contributed by atoms with Crippen molar-refractivity contribution in [3.05, 3.63) is 86.4 Å². The summed E-state index contributed by atoms with van der Waals surface area (Å²) in [6, 6.07) is 17.4. The van der Waals surface area contributed by atoms with Crippen LogP contribution in [-0.2, 0) is 13.2 Å². The second kappa shape index (κ2) is 10.1. The summed E-state index contributed by atoms with van der Waals surface area (Å²) in [7, 11) is 0. The molecule has 0 heterocycles. The van der Waals surface area contributed by atoms with Crippen molar-refractivity contribution in [2.45, 2.75) is 27.0 Å². The summed E-state index contributed by atoms with van der Waals surface area (Å²) in [6.07, 6.45) is 0. The molecule has 0 bridgehead atoms. The van der Waals surface area contributed by atoms with Gasteiger partial charge in [0.2, 0.25) is 0 Å². The fraction of sp³-hybridized carbons (Fsp3) is 0.217. The van der Waals surface area contributed by atoms with Gasteiger partial charge in [-0.25, -0.2) is 0 Å². The molecule has 0 spiro atoms. The molecule has 0 aliphatic rings. The highest BCUT2D eigenvalue weighted by Gasteiger charge is 2.13. The van der Waals surface area contributed by atoms with E-state index in [0.717, 1.165) is 16.8 Å². The standard InChI is InChI=1S/C23H22Cl3NO2/c1-3-28-22-11-17(13-27-18-8-9-19(24)20(25)12-18)10-21(26)23(22)29-14-16-6-4-15(2)5-7-16/h4-12,27H,3,13-14H2,1-2H3. The minimum absolute atomic E-state index is 0.418. The van der Waals surface area contributed by atoms with E-state index in [1.54, 1.807) is 12.1 Å². The maximum absolute atomic E-state index is 6.52. The summed E-state index contributed by atoms with van der Waals surface area (Å²) in [5.41, 5.74) is 4.11. The molecule has 1 N–H and O–H groups in total. The molecule has 0 atom stereocenters. The maximum Gasteiger partial charge on any atom is 0.180 e. The third-order valence-electron chi connectivity index (χ3n) is 4.29. The molecule has 3 aromatic carbocycles. The van der Waals surface area contributed by atoms with Gasteiger partial charge in [0.15, 0.2) is 11.5 Å². The first-order chi connectivity index (χ1) is 14.0. The smallest absolute Gasteiger partial charge is 0.180 e. The number of hydrogen-bond donors (Lipinski definition) is 1. The fourth-order valence-electron chi connectivity index (χ4n) is 2.78. The lowest BCUT2D eigenvalue weighted by atomic mass is 10.1. The van der Waals surface area contributed by atoms with Crippen LogP contribution >= 0.6 is 34.8 Å². The van der Waals surface area contributed by atoms with Gasteiger partial charge < -0.3 is 14.8 Å². The van der Waals surface area contributed by atoms with Crippen molar-refractivity contribution >= 4 is 40.5 Å². The van der Waals surface area contributed by atoms with Crippen LogP contribution in [0.2, 0.25) is 15.1 Å². The molecule has 3 aromatic rings. The average molecular weight is 451 g/mol. The van der Waals surface area contributed by atoms with Gasteiger partial charge >= 0.3 is 0 Å². The van der Waals surface area contributed by atoms with Crippen LogP contribution in [0.15, 0.2) is 54.6 Å². The normalized spacial score (nSPS) is 10.7. The van der Waals surface area contributed by atoms with Crippen molar-refractivity contribution in [2.75, 3.05) is 11.9 Å². The molecule has 0 aromatic heterocycles. The third kappa shape index (κ3) is 5.96. The van der Waals surface area contributed by atoms with Crippen LogP contribution in [-0.4, -0.2) is 6.61 Å². The van der Waals surface area contributed by atoms with Gasteiger partial charge in [-0.2, -0.15) is 0 Å². The quantitative estimate of drug-likeness (QED) is 0.384. The lowest BCUT2D eigenvalue weighted by molar-refractivity contribution is 0.269. The van der Waals surface area contributed by atoms with Crippen molar-refractivity contribution in [1.82, 2.24) is 0 Å². The highest BCUT2D eigenvalue weighted by atomic mass is 35.5. The number of hydrogen-bond acceptors (Lipinski definition) is 3. The Balaban J connectivity index is 1.74. The van der Waals surface area contributed by atoms with E-state index < -0.39 is 0 Å². The Morgan fingerprint density at radius 2 is 1.55 bits per heavy atom. The molecule has 0 fully saturated rings. The Bertz CT molecular complexity index is 975. The van der Waals surface area contributed by atoms with Crippen molar-refractivity contribution in [2.24, 2.45) is 0 Å². The van der Waals surface area contributed by atoms with Crippen LogP contribution < -0.4 is 14.8 Å². The maximum atomic E-state index is 6.52. The van der Waals surface area contributed by atoms with E-state index in [1.165, 1.54) is 5.56 Å². The number of nitrogens with one attached hydrogen (secondary N) is 1. The van der Waals surface area contributed by atoms with Crippen LogP contribution in [0.25, 0.3) is 0 Å². The number of rotatable bonds is 8. The van der Waals surface area contributed by atoms with Gasteiger partial charge in [-0.15, -0.1) is 0 Å². The molecule has 0 amide bonds. The van der Waals surface area contributed by atoms with Crippen molar-refractivity contribution < 1.29 is 9.47 Å². The van der Waals surface area contributed by atoms with Crippen LogP contribution in [0.4, 0.5) is 5.69 Å². The fourth-order valence-corrected chi connectivity index (χ4v) is 3.36. The zero-order chi connectivity index (χ0) is 20.8. The van der Waals surface area contributed by atoms with Gasteiger partial charge in [-0.3, -0.25) is 0 Å². The summed E-state index contributed by atoms with van der Waals surface area (Å²) in [5.74, 6) is 1.17. The van der Waals surface area contributed by atoms with Gasteiger partial charge in [0.1, 0.15) is 6.61 Å². The largest absolute Gasteiger partial charge is 0.490 e. The molecule has 0 unspecified atom stereocenters. The monoisotopic (exact) mass is 449 g/mol. The first-order valence-corrected chi connectivity index (χ1v) is 10.4. The summed E-state index contributed by atoms with van der Waals surface area (Å²) < 4.78 is 11.8. The lowest BCUT2D eigenvalue weighted by Gasteiger charge is -2.16. The Morgan fingerprint density at radius 1 is 0.793 bits per heavy atom. The summed E-state index contributed by atoms with van der Waals surface area (Å²) >= 11 is 18.6. The van der Waals surface area contributed by atoms with E-state index >= 15 is 0 Å². The summed E-state index contributed by atoms with van der Waals surface area (Å²) in [5, 5.41) is 4.84. The summed E-state index contributed by atoms with van der Waals surface area (Å²) in [6.45, 7) is 5.47. The minimum atomic E-state index is 0.418. The zero-order valence-corrected chi connectivity index (χ0v) is 18.5. The van der Waals surface area contributed by atoms with Gasteiger partial charge in [0.25, 0.3) is 0 Å². The Kier molecular flexibility index (Phi) is 7.54. The molecule has 29 heavy (non-hydrogen) atoms. The first-order valence-electron chi connectivity index (χ1n) is 9.28. The number of ether oxygens (including phenoxy) is 2. The van der Waals surface area contributed by atoms with E-state index in [0.29, 0.717) is 46.3 Å². The number of benzene rings is 3. The molecular weight excluding hydrogens is 429 g/mol. The lowest BCUT2D eigenvalue weighted by Crippen LogP contribution is -2.04. The predicted molar refractivity (Wildman–Crippen MR) is 122 cm³/mol. The van der Waals surface area contributed by atoms with Crippen LogP contribution in [0.5, 0.6) is 11.5 Å². The van der Waals surface area contributed by atoms with Crippen molar-refractivity contribution in [1.29, 1.82) is 0 Å². The molecule has 0 saturated carbocycles. The number of halogens is 3. The topological polar surface area (TPSA) is 30.5 Å². The van der Waals surface area contributed by atoms with Gasteiger partial charge in [-0.05, 0) is 55.3 Å². The number of anilines is 1.